The summed E-state index contributed by atoms with van der Waals surface area (Å²) in [6.45, 7) is 5.74. The molecule has 0 aliphatic rings. The van der Waals surface area contributed by atoms with Gasteiger partial charge in [0.25, 0.3) is 0 Å². The minimum absolute atomic E-state index is 0.883. The van der Waals surface area contributed by atoms with Gasteiger partial charge in [-0.05, 0) is 37.1 Å². The van der Waals surface area contributed by atoms with Gasteiger partial charge in [-0.15, -0.1) is 0 Å². The topological polar surface area (TPSA) is 9.23 Å². The van der Waals surface area contributed by atoms with Crippen molar-refractivity contribution in [1.82, 2.24) is 0 Å². The van der Waals surface area contributed by atoms with E-state index in [4.69, 9.17) is 4.74 Å². The summed E-state index contributed by atoms with van der Waals surface area (Å²) in [5, 5.41) is 0. The third-order valence-electron chi connectivity index (χ3n) is 1.83. The van der Waals surface area contributed by atoms with Gasteiger partial charge in [0, 0.05) is 0 Å². The van der Waals surface area contributed by atoms with Gasteiger partial charge in [-0.25, -0.2) is 0 Å². The molecule has 0 amide bonds. The molecule has 1 heteroatoms. The highest BCUT2D eigenvalue weighted by Gasteiger charge is 1.95. The average molecular weight is 161 g/mol. The van der Waals surface area contributed by atoms with Crippen LogP contribution < -0.4 is 4.74 Å². The van der Waals surface area contributed by atoms with Crippen molar-refractivity contribution in [2.24, 2.45) is 0 Å². The van der Waals surface area contributed by atoms with E-state index in [-0.39, 0.29) is 0 Å². The lowest BCUT2D eigenvalue weighted by atomic mass is 10.1. The Balaban J connectivity index is 3.02. The Morgan fingerprint density at radius 3 is 2.83 bits per heavy atom. The SMILES string of the molecule is [CH2]C=C(C)c1cccc(OC)c1. The van der Waals surface area contributed by atoms with Crippen molar-refractivity contribution in [3.8, 4) is 5.75 Å². The molecule has 0 unspecified atom stereocenters. The smallest absolute Gasteiger partial charge is 0.119 e. The van der Waals surface area contributed by atoms with Crippen LogP contribution in [0.2, 0.25) is 0 Å². The summed E-state index contributed by atoms with van der Waals surface area (Å²) in [4.78, 5) is 0. The lowest BCUT2D eigenvalue weighted by molar-refractivity contribution is 0.414. The molecule has 1 aromatic carbocycles. The molecule has 12 heavy (non-hydrogen) atoms. The Bertz CT molecular complexity index is 287. The molecular formula is C11H13O. The monoisotopic (exact) mass is 161 g/mol. The number of methoxy groups -OCH3 is 1. The van der Waals surface area contributed by atoms with Gasteiger partial charge in [0.15, 0.2) is 0 Å². The van der Waals surface area contributed by atoms with E-state index in [1.54, 1.807) is 7.11 Å². The first-order valence-electron chi connectivity index (χ1n) is 3.88. The second kappa shape index (κ2) is 3.96. The first-order chi connectivity index (χ1) is 5.77. The van der Waals surface area contributed by atoms with Crippen LogP contribution in [0, 0.1) is 6.92 Å². The third-order valence-corrected chi connectivity index (χ3v) is 1.83. The van der Waals surface area contributed by atoms with Gasteiger partial charge in [0.05, 0.1) is 7.11 Å². The summed E-state index contributed by atoms with van der Waals surface area (Å²) in [5.74, 6) is 0.883. The van der Waals surface area contributed by atoms with Crippen molar-refractivity contribution in [3.05, 3.63) is 42.8 Å². The molecule has 0 aliphatic heterocycles. The predicted molar refractivity (Wildman–Crippen MR) is 52.0 cm³/mol. The molecule has 0 N–H and O–H groups in total. The molecule has 1 nitrogen and oxygen atoms in total. The van der Waals surface area contributed by atoms with Crippen LogP contribution in [-0.4, -0.2) is 7.11 Å². The second-order valence-electron chi connectivity index (χ2n) is 2.62. The van der Waals surface area contributed by atoms with Crippen molar-refractivity contribution in [2.75, 3.05) is 7.11 Å². The number of ether oxygens (including phenoxy) is 1. The van der Waals surface area contributed by atoms with Crippen LogP contribution in [0.15, 0.2) is 30.3 Å². The van der Waals surface area contributed by atoms with E-state index in [9.17, 15) is 0 Å². The molecule has 1 aromatic rings. The first-order valence-corrected chi connectivity index (χ1v) is 3.88. The number of hydrogen-bond donors (Lipinski definition) is 0. The third kappa shape index (κ3) is 1.88. The highest BCUT2D eigenvalue weighted by Crippen LogP contribution is 2.18. The molecule has 0 fully saturated rings. The standard InChI is InChI=1S/C11H13O/c1-4-9(2)10-6-5-7-11(8-10)12-3/h4-8H,1H2,2-3H3. The summed E-state index contributed by atoms with van der Waals surface area (Å²) < 4.78 is 5.10. The van der Waals surface area contributed by atoms with Crippen LogP contribution in [0.4, 0.5) is 0 Å². The average Bonchev–Trinajstić information content (AvgIpc) is 2.17. The molecule has 0 saturated heterocycles. The number of allylic oxidation sites excluding steroid dienone is 2. The summed E-state index contributed by atoms with van der Waals surface area (Å²) in [5.41, 5.74) is 2.32. The predicted octanol–water partition coefficient (Wildman–Crippen LogP) is 2.93. The normalized spacial score (nSPS) is 11.4. The van der Waals surface area contributed by atoms with E-state index in [0.29, 0.717) is 0 Å². The van der Waals surface area contributed by atoms with Crippen LogP contribution in [0.25, 0.3) is 5.57 Å². The van der Waals surface area contributed by atoms with Crippen molar-refractivity contribution < 1.29 is 4.74 Å². The highest BCUT2D eigenvalue weighted by atomic mass is 16.5. The first kappa shape index (κ1) is 8.85. The quantitative estimate of drug-likeness (QED) is 0.648. The Kier molecular flexibility index (Phi) is 2.92. The fourth-order valence-corrected chi connectivity index (χ4v) is 0.986. The minimum Gasteiger partial charge on any atom is -0.497 e. The molecule has 1 radical (unpaired) electrons. The number of hydrogen-bond acceptors (Lipinski definition) is 1. The fourth-order valence-electron chi connectivity index (χ4n) is 0.986. The van der Waals surface area contributed by atoms with Crippen LogP contribution in [-0.2, 0) is 0 Å². The van der Waals surface area contributed by atoms with E-state index in [0.717, 1.165) is 16.9 Å². The lowest BCUT2D eigenvalue weighted by Crippen LogP contribution is -1.84. The molecule has 63 valence electrons. The van der Waals surface area contributed by atoms with Gasteiger partial charge in [-0.2, -0.15) is 0 Å². The molecule has 0 saturated carbocycles. The van der Waals surface area contributed by atoms with Gasteiger partial charge in [0.1, 0.15) is 5.75 Å². The van der Waals surface area contributed by atoms with Crippen molar-refractivity contribution in [1.29, 1.82) is 0 Å². The molecular weight excluding hydrogens is 148 g/mol. The van der Waals surface area contributed by atoms with E-state index in [1.165, 1.54) is 0 Å². The van der Waals surface area contributed by atoms with E-state index < -0.39 is 0 Å². The molecule has 0 spiro atoms. The maximum atomic E-state index is 5.10. The Hall–Kier alpha value is -1.24. The van der Waals surface area contributed by atoms with Gasteiger partial charge in [-0.3, -0.25) is 0 Å². The van der Waals surface area contributed by atoms with E-state index in [1.807, 2.05) is 37.3 Å². The van der Waals surface area contributed by atoms with Gasteiger partial charge in [-0.1, -0.05) is 18.2 Å². The Morgan fingerprint density at radius 1 is 1.50 bits per heavy atom. The van der Waals surface area contributed by atoms with Crippen LogP contribution in [0.3, 0.4) is 0 Å². The largest absolute Gasteiger partial charge is 0.497 e. The summed E-state index contributed by atoms with van der Waals surface area (Å²) >= 11 is 0. The zero-order valence-corrected chi connectivity index (χ0v) is 7.50. The Morgan fingerprint density at radius 2 is 2.25 bits per heavy atom. The summed E-state index contributed by atoms with van der Waals surface area (Å²) in [7, 11) is 1.67. The van der Waals surface area contributed by atoms with Crippen molar-refractivity contribution in [3.63, 3.8) is 0 Å². The molecule has 0 atom stereocenters. The highest BCUT2D eigenvalue weighted by molar-refractivity contribution is 5.65. The molecule has 1 rings (SSSR count). The molecule has 0 bridgehead atoms. The lowest BCUT2D eigenvalue weighted by Gasteiger charge is -2.03. The van der Waals surface area contributed by atoms with Crippen molar-refractivity contribution in [2.45, 2.75) is 6.92 Å². The number of rotatable bonds is 2. The fraction of sp³-hybridized carbons (Fsp3) is 0.182. The second-order valence-corrected chi connectivity index (χ2v) is 2.62. The summed E-state index contributed by atoms with van der Waals surface area (Å²) in [6.07, 6.45) is 1.84. The van der Waals surface area contributed by atoms with Crippen LogP contribution >= 0.6 is 0 Å². The zero-order chi connectivity index (χ0) is 8.97. The zero-order valence-electron chi connectivity index (χ0n) is 7.50. The number of benzene rings is 1. The molecule has 0 aromatic heterocycles. The molecule has 0 aliphatic carbocycles. The maximum absolute atomic E-state index is 5.10. The molecule has 0 heterocycles. The van der Waals surface area contributed by atoms with Gasteiger partial charge < -0.3 is 4.74 Å². The summed E-state index contributed by atoms with van der Waals surface area (Å²) in [6, 6.07) is 7.94. The maximum Gasteiger partial charge on any atom is 0.119 e. The van der Waals surface area contributed by atoms with Gasteiger partial charge in [0.2, 0.25) is 0 Å². The van der Waals surface area contributed by atoms with Gasteiger partial charge >= 0.3 is 0 Å². The minimum atomic E-state index is 0.883. The van der Waals surface area contributed by atoms with E-state index >= 15 is 0 Å². The van der Waals surface area contributed by atoms with Crippen LogP contribution in [0.1, 0.15) is 12.5 Å². The van der Waals surface area contributed by atoms with Crippen LogP contribution in [0.5, 0.6) is 5.75 Å². The Labute approximate surface area is 73.7 Å². The van der Waals surface area contributed by atoms with Crippen molar-refractivity contribution >= 4 is 5.57 Å². The van der Waals surface area contributed by atoms with E-state index in [2.05, 4.69) is 6.92 Å².